The quantitative estimate of drug-likeness (QED) is 0.366. The minimum atomic E-state index is -0.517. The van der Waals surface area contributed by atoms with Gasteiger partial charge in [0.2, 0.25) is 0 Å². The Hall–Kier alpha value is -2.76. The Balaban J connectivity index is 1.96. The van der Waals surface area contributed by atoms with Crippen molar-refractivity contribution in [2.24, 2.45) is 0 Å². The first-order valence-electron chi connectivity index (χ1n) is 6.66. The van der Waals surface area contributed by atoms with E-state index in [1.807, 2.05) is 0 Å². The number of benzene rings is 2. The number of carbonyl (C=O) groups excluding carboxylic acids is 1. The summed E-state index contributed by atoms with van der Waals surface area (Å²) in [5, 5.41) is 10.7. The van der Waals surface area contributed by atoms with Crippen LogP contribution in [0.4, 0.5) is 10.1 Å². The number of aryl methyl sites for hydroxylation is 2. The van der Waals surface area contributed by atoms with Crippen molar-refractivity contribution in [1.82, 2.24) is 0 Å². The Morgan fingerprint density at radius 1 is 1.27 bits per heavy atom. The lowest BCUT2D eigenvalue weighted by Gasteiger charge is -2.06. The van der Waals surface area contributed by atoms with Gasteiger partial charge in [-0.3, -0.25) is 14.9 Å². The summed E-state index contributed by atoms with van der Waals surface area (Å²) in [4.78, 5) is 22.0. The second kappa shape index (κ2) is 6.80. The lowest BCUT2D eigenvalue weighted by Crippen LogP contribution is -2.09. The molecule has 2 aromatic carbocycles. The highest BCUT2D eigenvalue weighted by atomic mass is 19.1. The van der Waals surface area contributed by atoms with Gasteiger partial charge in [0, 0.05) is 11.6 Å². The maximum Gasteiger partial charge on any atom is 0.311 e. The number of halogens is 1. The molecule has 0 amide bonds. The minimum Gasteiger partial charge on any atom is -0.427 e. The second-order valence-corrected chi connectivity index (χ2v) is 4.77. The van der Waals surface area contributed by atoms with Crippen LogP contribution in [-0.4, -0.2) is 10.9 Å². The van der Waals surface area contributed by atoms with Crippen molar-refractivity contribution >= 4 is 11.7 Å². The average Bonchev–Trinajstić information content (AvgIpc) is 2.46. The molecule has 0 atom stereocenters. The van der Waals surface area contributed by atoms with E-state index in [1.54, 1.807) is 25.1 Å². The Morgan fingerprint density at radius 2 is 2.00 bits per heavy atom. The van der Waals surface area contributed by atoms with E-state index < -0.39 is 10.9 Å². The van der Waals surface area contributed by atoms with Gasteiger partial charge in [0.1, 0.15) is 11.6 Å². The van der Waals surface area contributed by atoms with Crippen molar-refractivity contribution in [3.8, 4) is 5.75 Å². The smallest absolute Gasteiger partial charge is 0.311 e. The molecule has 0 spiro atoms. The van der Waals surface area contributed by atoms with Crippen molar-refractivity contribution in [3.63, 3.8) is 0 Å². The molecule has 0 fully saturated rings. The standard InChI is InChI=1S/C16H14FNO4/c1-11-10-13(7-8-15(11)18(20)21)22-16(19)9-6-12-4-2-3-5-14(12)17/h2-5,7-8,10H,6,9H2,1H3. The summed E-state index contributed by atoms with van der Waals surface area (Å²) in [6.07, 6.45) is 0.258. The van der Waals surface area contributed by atoms with Crippen molar-refractivity contribution in [2.45, 2.75) is 19.8 Å². The summed E-state index contributed by atoms with van der Waals surface area (Å²) in [6.45, 7) is 1.56. The molecule has 6 heteroatoms. The largest absolute Gasteiger partial charge is 0.427 e. The predicted octanol–water partition coefficient (Wildman–Crippen LogP) is 3.58. The Bertz CT molecular complexity index is 715. The molecule has 0 aliphatic rings. The van der Waals surface area contributed by atoms with E-state index in [0.29, 0.717) is 11.1 Å². The zero-order valence-corrected chi connectivity index (χ0v) is 11.9. The zero-order valence-electron chi connectivity index (χ0n) is 11.9. The van der Waals surface area contributed by atoms with Gasteiger partial charge in [-0.2, -0.15) is 0 Å². The average molecular weight is 303 g/mol. The fraction of sp³-hybridized carbons (Fsp3) is 0.188. The predicted molar refractivity (Wildman–Crippen MR) is 78.2 cm³/mol. The fourth-order valence-corrected chi connectivity index (χ4v) is 2.02. The Labute approximate surface area is 126 Å². The molecular weight excluding hydrogens is 289 g/mol. The van der Waals surface area contributed by atoms with Crippen LogP contribution < -0.4 is 4.74 Å². The Morgan fingerprint density at radius 3 is 2.64 bits per heavy atom. The number of nitrogens with zero attached hydrogens (tertiary/aromatic N) is 1. The van der Waals surface area contributed by atoms with Crippen molar-refractivity contribution in [2.75, 3.05) is 0 Å². The number of rotatable bonds is 5. The van der Waals surface area contributed by atoms with E-state index in [-0.39, 0.29) is 30.1 Å². The van der Waals surface area contributed by atoms with Crippen molar-refractivity contribution in [3.05, 3.63) is 69.5 Å². The summed E-state index contributed by atoms with van der Waals surface area (Å²) in [5.74, 6) is -0.639. The first kappa shape index (κ1) is 15.6. The van der Waals surface area contributed by atoms with Crippen molar-refractivity contribution < 1.29 is 18.8 Å². The summed E-state index contributed by atoms with van der Waals surface area (Å²) in [6, 6.07) is 10.3. The van der Waals surface area contributed by atoms with E-state index in [0.717, 1.165) is 0 Å². The van der Waals surface area contributed by atoms with E-state index >= 15 is 0 Å². The SMILES string of the molecule is Cc1cc(OC(=O)CCc2ccccc2F)ccc1[N+](=O)[O-]. The fourth-order valence-electron chi connectivity index (χ4n) is 2.02. The minimum absolute atomic E-state index is 0.0248. The third-order valence-electron chi connectivity index (χ3n) is 3.15. The molecule has 2 aromatic rings. The van der Waals surface area contributed by atoms with Crippen LogP contribution in [0.3, 0.4) is 0 Å². The van der Waals surface area contributed by atoms with E-state index in [1.165, 1.54) is 24.3 Å². The van der Waals surface area contributed by atoms with Gasteiger partial charge in [0.25, 0.3) is 5.69 Å². The van der Waals surface area contributed by atoms with Crippen LogP contribution in [0.25, 0.3) is 0 Å². The molecule has 0 aliphatic carbocycles. The van der Waals surface area contributed by atoms with Gasteiger partial charge in [0.05, 0.1) is 11.3 Å². The van der Waals surface area contributed by atoms with Crippen molar-refractivity contribution in [1.29, 1.82) is 0 Å². The number of hydrogen-bond donors (Lipinski definition) is 0. The maximum atomic E-state index is 13.4. The molecule has 0 radical (unpaired) electrons. The van der Waals surface area contributed by atoms with Crippen LogP contribution in [0.15, 0.2) is 42.5 Å². The molecule has 22 heavy (non-hydrogen) atoms. The molecule has 0 saturated heterocycles. The number of carbonyl (C=O) groups is 1. The molecule has 0 heterocycles. The topological polar surface area (TPSA) is 69.4 Å². The summed E-state index contributed by atoms with van der Waals surface area (Å²) in [7, 11) is 0. The normalized spacial score (nSPS) is 10.3. The van der Waals surface area contributed by atoms with Crippen LogP contribution in [0.2, 0.25) is 0 Å². The van der Waals surface area contributed by atoms with E-state index in [2.05, 4.69) is 0 Å². The molecule has 0 saturated carbocycles. The van der Waals surface area contributed by atoms with Crippen LogP contribution >= 0.6 is 0 Å². The van der Waals surface area contributed by atoms with Gasteiger partial charge in [-0.05, 0) is 37.1 Å². The number of hydrogen-bond acceptors (Lipinski definition) is 4. The van der Waals surface area contributed by atoms with Gasteiger partial charge in [-0.1, -0.05) is 18.2 Å². The number of esters is 1. The number of nitro benzene ring substituents is 1. The van der Waals surface area contributed by atoms with Gasteiger partial charge >= 0.3 is 5.97 Å². The highest BCUT2D eigenvalue weighted by molar-refractivity contribution is 5.73. The highest BCUT2D eigenvalue weighted by Gasteiger charge is 2.13. The van der Waals surface area contributed by atoms with E-state index in [4.69, 9.17) is 4.74 Å². The van der Waals surface area contributed by atoms with E-state index in [9.17, 15) is 19.3 Å². The molecule has 5 nitrogen and oxygen atoms in total. The molecule has 0 N–H and O–H groups in total. The molecule has 0 unspecified atom stereocenters. The molecule has 0 aliphatic heterocycles. The summed E-state index contributed by atoms with van der Waals surface area (Å²) >= 11 is 0. The lowest BCUT2D eigenvalue weighted by molar-refractivity contribution is -0.385. The van der Waals surface area contributed by atoms with Crippen LogP contribution in [0.1, 0.15) is 17.5 Å². The third kappa shape index (κ3) is 3.88. The molecule has 114 valence electrons. The van der Waals surface area contributed by atoms with Gasteiger partial charge in [-0.25, -0.2) is 4.39 Å². The summed E-state index contributed by atoms with van der Waals surface area (Å²) < 4.78 is 18.5. The molecule has 0 bridgehead atoms. The van der Waals surface area contributed by atoms with Crippen LogP contribution in [0.5, 0.6) is 5.75 Å². The van der Waals surface area contributed by atoms with Crippen LogP contribution in [0, 0.1) is 22.9 Å². The first-order chi connectivity index (χ1) is 10.5. The van der Waals surface area contributed by atoms with Gasteiger partial charge < -0.3 is 4.74 Å². The highest BCUT2D eigenvalue weighted by Crippen LogP contribution is 2.23. The number of nitro groups is 1. The van der Waals surface area contributed by atoms with Gasteiger partial charge in [-0.15, -0.1) is 0 Å². The lowest BCUT2D eigenvalue weighted by atomic mass is 10.1. The number of ether oxygens (including phenoxy) is 1. The molecule has 0 aromatic heterocycles. The third-order valence-corrected chi connectivity index (χ3v) is 3.15. The van der Waals surface area contributed by atoms with Crippen LogP contribution in [-0.2, 0) is 11.2 Å². The molecule has 2 rings (SSSR count). The molecular formula is C16H14FNO4. The first-order valence-corrected chi connectivity index (χ1v) is 6.66. The summed E-state index contributed by atoms with van der Waals surface area (Å²) in [5.41, 5.74) is 0.815. The monoisotopic (exact) mass is 303 g/mol. The second-order valence-electron chi connectivity index (χ2n) is 4.77. The maximum absolute atomic E-state index is 13.4. The Kier molecular flexibility index (Phi) is 4.83. The zero-order chi connectivity index (χ0) is 16.1. The van der Waals surface area contributed by atoms with Gasteiger partial charge in [0.15, 0.2) is 0 Å².